The number of carbonyl (C=O) groups excluding carboxylic acids is 1. The summed E-state index contributed by atoms with van der Waals surface area (Å²) < 4.78 is 10.9. The van der Waals surface area contributed by atoms with Crippen molar-refractivity contribution in [2.75, 3.05) is 20.3 Å². The van der Waals surface area contributed by atoms with E-state index in [4.69, 9.17) is 9.47 Å². The van der Waals surface area contributed by atoms with E-state index >= 15 is 0 Å². The van der Waals surface area contributed by atoms with Crippen molar-refractivity contribution < 1.29 is 19.4 Å². The molecule has 0 saturated heterocycles. The van der Waals surface area contributed by atoms with Crippen LogP contribution in [0.15, 0.2) is 47.6 Å². The van der Waals surface area contributed by atoms with Gasteiger partial charge in [-0.3, -0.25) is 5.01 Å². The predicted molar refractivity (Wildman–Crippen MR) is 98.9 cm³/mol. The van der Waals surface area contributed by atoms with Crippen LogP contribution in [0.3, 0.4) is 0 Å². The number of carbonyl (C=O) groups is 1. The minimum Gasteiger partial charge on any atom is -0.508 e. The van der Waals surface area contributed by atoms with Gasteiger partial charge in [0.15, 0.2) is 11.5 Å². The minimum absolute atomic E-state index is 0.219. The molecule has 1 N–H and O–H groups in total. The summed E-state index contributed by atoms with van der Waals surface area (Å²) in [6, 6.07) is 11.9. The first-order chi connectivity index (χ1) is 12.7. The number of phenolic OH excluding ortho intramolecular Hbond substituents is 1. The fraction of sp³-hybridized carbons (Fsp3) is 0.300. The molecule has 1 heterocycles. The zero-order chi connectivity index (χ0) is 18.5. The molecule has 26 heavy (non-hydrogen) atoms. The largest absolute Gasteiger partial charge is 0.508 e. The second-order valence-electron chi connectivity index (χ2n) is 5.93. The monoisotopic (exact) mass is 354 g/mol. The molecular formula is C20H22N2O4. The Balaban J connectivity index is 1.86. The molecule has 3 rings (SSSR count). The second kappa shape index (κ2) is 7.91. The van der Waals surface area contributed by atoms with Crippen LogP contribution >= 0.6 is 0 Å². The lowest BCUT2D eigenvalue weighted by Gasteiger charge is -2.22. The fourth-order valence-electron chi connectivity index (χ4n) is 3.00. The Hall–Kier alpha value is -3.02. The van der Waals surface area contributed by atoms with E-state index in [1.807, 2.05) is 31.2 Å². The van der Waals surface area contributed by atoms with Gasteiger partial charge in [0.2, 0.25) is 0 Å². The van der Waals surface area contributed by atoms with Gasteiger partial charge in [-0.25, -0.2) is 0 Å². The zero-order valence-corrected chi connectivity index (χ0v) is 14.9. The van der Waals surface area contributed by atoms with Crippen molar-refractivity contribution in [1.82, 2.24) is 5.01 Å². The Kier molecular flexibility index (Phi) is 5.41. The molecule has 0 aromatic heterocycles. The number of hydrazone groups is 1. The molecule has 0 fully saturated rings. The average Bonchev–Trinajstić information content (AvgIpc) is 3.13. The molecule has 0 saturated carbocycles. The smallest absolute Gasteiger partial charge is 0.161 e. The van der Waals surface area contributed by atoms with Gasteiger partial charge in [-0.05, 0) is 54.4 Å². The molecule has 136 valence electrons. The Labute approximate surface area is 152 Å². The number of hydrogen-bond acceptors (Lipinski definition) is 6. The predicted octanol–water partition coefficient (Wildman–Crippen LogP) is 3.15. The van der Waals surface area contributed by atoms with E-state index in [0.29, 0.717) is 24.7 Å². The Morgan fingerprint density at radius 1 is 1.23 bits per heavy atom. The van der Waals surface area contributed by atoms with Crippen molar-refractivity contribution in [3.05, 3.63) is 53.6 Å². The summed E-state index contributed by atoms with van der Waals surface area (Å²) in [5.41, 5.74) is 2.65. The number of hydrogen-bond donors (Lipinski definition) is 1. The number of phenols is 1. The average molecular weight is 354 g/mol. The summed E-state index contributed by atoms with van der Waals surface area (Å²) in [6.07, 6.45) is 1.63. The quantitative estimate of drug-likeness (QED) is 0.774. The van der Waals surface area contributed by atoms with Crippen LogP contribution in [0.5, 0.6) is 17.2 Å². The van der Waals surface area contributed by atoms with Gasteiger partial charge in [0.1, 0.15) is 18.1 Å². The molecule has 1 aliphatic rings. The number of rotatable bonds is 7. The molecule has 6 nitrogen and oxygen atoms in total. The molecule has 1 unspecified atom stereocenters. The Bertz CT molecular complexity index is 802. The van der Waals surface area contributed by atoms with E-state index in [1.165, 1.54) is 0 Å². The third-order valence-corrected chi connectivity index (χ3v) is 4.31. The van der Waals surface area contributed by atoms with E-state index in [1.54, 1.807) is 30.3 Å². The molecule has 0 aliphatic carbocycles. The van der Waals surface area contributed by atoms with Crippen molar-refractivity contribution in [1.29, 1.82) is 0 Å². The van der Waals surface area contributed by atoms with Crippen LogP contribution in [0, 0.1) is 0 Å². The van der Waals surface area contributed by atoms with E-state index in [9.17, 15) is 9.90 Å². The maximum absolute atomic E-state index is 11.8. The van der Waals surface area contributed by atoms with Crippen LogP contribution in [-0.4, -0.2) is 42.4 Å². The topological polar surface area (TPSA) is 71.4 Å². The summed E-state index contributed by atoms with van der Waals surface area (Å²) in [5.74, 6) is 1.47. The van der Waals surface area contributed by atoms with E-state index in [2.05, 4.69) is 5.10 Å². The van der Waals surface area contributed by atoms with E-state index < -0.39 is 6.04 Å². The lowest BCUT2D eigenvalue weighted by Crippen LogP contribution is -2.22. The van der Waals surface area contributed by atoms with Crippen LogP contribution in [0.4, 0.5) is 0 Å². The van der Waals surface area contributed by atoms with Crippen molar-refractivity contribution in [2.24, 2.45) is 5.10 Å². The Morgan fingerprint density at radius 3 is 2.65 bits per heavy atom. The zero-order valence-electron chi connectivity index (χ0n) is 14.9. The lowest BCUT2D eigenvalue weighted by atomic mass is 10.1. The molecule has 6 heteroatoms. The van der Waals surface area contributed by atoms with Gasteiger partial charge in [0.05, 0.1) is 19.4 Å². The van der Waals surface area contributed by atoms with E-state index in [0.717, 1.165) is 29.5 Å². The molecule has 1 aliphatic heterocycles. The lowest BCUT2D eigenvalue weighted by molar-refractivity contribution is -0.112. The van der Waals surface area contributed by atoms with Gasteiger partial charge in [-0.2, -0.15) is 5.10 Å². The molecule has 0 spiro atoms. The van der Waals surface area contributed by atoms with Gasteiger partial charge in [0.25, 0.3) is 0 Å². The maximum Gasteiger partial charge on any atom is 0.161 e. The molecular weight excluding hydrogens is 332 g/mol. The van der Waals surface area contributed by atoms with Crippen LogP contribution in [0.25, 0.3) is 0 Å². The van der Waals surface area contributed by atoms with Crippen LogP contribution in [0.2, 0.25) is 0 Å². The van der Waals surface area contributed by atoms with Crippen LogP contribution in [0.1, 0.15) is 30.5 Å². The first-order valence-corrected chi connectivity index (χ1v) is 8.55. The van der Waals surface area contributed by atoms with Crippen LogP contribution in [-0.2, 0) is 4.79 Å². The fourth-order valence-corrected chi connectivity index (χ4v) is 3.00. The molecule has 2 aromatic rings. The molecule has 1 atom stereocenters. The van der Waals surface area contributed by atoms with Crippen molar-refractivity contribution in [2.45, 2.75) is 19.4 Å². The maximum atomic E-state index is 11.8. The molecule has 0 amide bonds. The molecule has 0 bridgehead atoms. The number of benzene rings is 2. The summed E-state index contributed by atoms with van der Waals surface area (Å²) in [5, 5.41) is 15.8. The molecule has 2 aromatic carbocycles. The SMILES string of the molecule is CCOc1cc(C(C=O)N2CCC(c3ccc(O)cc3)=N2)ccc1OC. The number of aromatic hydroxyl groups is 1. The number of nitrogens with zero attached hydrogens (tertiary/aromatic N) is 2. The first kappa shape index (κ1) is 17.8. The van der Waals surface area contributed by atoms with Crippen molar-refractivity contribution >= 4 is 12.0 Å². The highest BCUT2D eigenvalue weighted by Crippen LogP contribution is 2.33. The van der Waals surface area contributed by atoms with Gasteiger partial charge in [0, 0.05) is 13.0 Å². The normalized spacial score (nSPS) is 14.7. The third kappa shape index (κ3) is 3.64. The number of ether oxygens (including phenoxy) is 2. The summed E-state index contributed by atoms with van der Waals surface area (Å²) >= 11 is 0. The van der Waals surface area contributed by atoms with Gasteiger partial charge in [-0.15, -0.1) is 0 Å². The standard InChI is InChI=1S/C20H22N2O4/c1-3-26-20-12-15(6-9-19(20)25-2)18(13-23)22-11-10-17(21-22)14-4-7-16(24)8-5-14/h4-9,12-13,18,24H,3,10-11H2,1-2H3. The summed E-state index contributed by atoms with van der Waals surface area (Å²) in [6.45, 7) is 3.06. The van der Waals surface area contributed by atoms with E-state index in [-0.39, 0.29) is 5.75 Å². The van der Waals surface area contributed by atoms with Gasteiger partial charge >= 0.3 is 0 Å². The highest BCUT2D eigenvalue weighted by atomic mass is 16.5. The summed E-state index contributed by atoms with van der Waals surface area (Å²) in [4.78, 5) is 11.8. The summed E-state index contributed by atoms with van der Waals surface area (Å²) in [7, 11) is 1.59. The number of aldehydes is 1. The third-order valence-electron chi connectivity index (χ3n) is 4.31. The minimum atomic E-state index is -0.491. The van der Waals surface area contributed by atoms with Gasteiger partial charge < -0.3 is 19.4 Å². The highest BCUT2D eigenvalue weighted by Gasteiger charge is 2.25. The van der Waals surface area contributed by atoms with Gasteiger partial charge in [-0.1, -0.05) is 6.07 Å². The first-order valence-electron chi connectivity index (χ1n) is 8.55. The molecule has 0 radical (unpaired) electrons. The van der Waals surface area contributed by atoms with Crippen molar-refractivity contribution in [3.63, 3.8) is 0 Å². The second-order valence-corrected chi connectivity index (χ2v) is 5.93. The van der Waals surface area contributed by atoms with Crippen LogP contribution < -0.4 is 9.47 Å². The number of methoxy groups -OCH3 is 1. The van der Waals surface area contributed by atoms with Crippen molar-refractivity contribution in [3.8, 4) is 17.2 Å². The Morgan fingerprint density at radius 2 is 2.00 bits per heavy atom. The highest BCUT2D eigenvalue weighted by molar-refractivity contribution is 6.01.